The van der Waals surface area contributed by atoms with E-state index in [0.717, 1.165) is 23.0 Å². The average molecular weight is 378 g/mol. The maximum absolute atomic E-state index is 14.1. The third-order valence-corrected chi connectivity index (χ3v) is 5.02. The van der Waals surface area contributed by atoms with Gasteiger partial charge in [0, 0.05) is 35.8 Å². The lowest BCUT2D eigenvalue weighted by Crippen LogP contribution is -2.33. The van der Waals surface area contributed by atoms with E-state index in [1.54, 1.807) is 6.07 Å². The van der Waals surface area contributed by atoms with Crippen LogP contribution in [0.1, 0.15) is 36.0 Å². The third-order valence-electron chi connectivity index (χ3n) is 5.02. The molecule has 0 atom stereocenters. The number of fused-ring (bicyclic) bond motifs is 1. The fraction of sp³-hybridized carbons (Fsp3) is 0.368. The number of aromatic amines is 1. The van der Waals surface area contributed by atoms with E-state index >= 15 is 0 Å². The summed E-state index contributed by atoms with van der Waals surface area (Å²) in [5.74, 6) is -0.0327. The Balaban J connectivity index is 1.56. The Morgan fingerprint density at radius 1 is 1.19 bits per heavy atom. The van der Waals surface area contributed by atoms with Gasteiger partial charge in [-0.25, -0.2) is 14.4 Å². The van der Waals surface area contributed by atoms with Gasteiger partial charge < -0.3 is 9.88 Å². The molecule has 3 aromatic rings. The van der Waals surface area contributed by atoms with Crippen LogP contribution in [0.2, 0.25) is 0 Å². The standard InChI is InChI=1S/C19H18F4N4/c1-11-9-15(13-3-2-4-14(20)17(13)25-11)27-7-5-12(6-8-27)18-24-10-16(26-18)19(21,22)23/h2-4,9-10,12H,5-8H2,1H3,(H,24,26). The largest absolute Gasteiger partial charge is 0.432 e. The number of pyridine rings is 1. The summed E-state index contributed by atoms with van der Waals surface area (Å²) in [6.45, 7) is 3.13. The molecule has 27 heavy (non-hydrogen) atoms. The van der Waals surface area contributed by atoms with E-state index in [1.165, 1.54) is 6.07 Å². The molecule has 1 N–H and O–H groups in total. The Bertz CT molecular complexity index is 971. The number of benzene rings is 1. The van der Waals surface area contributed by atoms with Crippen molar-refractivity contribution in [2.24, 2.45) is 0 Å². The van der Waals surface area contributed by atoms with Crippen LogP contribution in [0.3, 0.4) is 0 Å². The summed E-state index contributed by atoms with van der Waals surface area (Å²) >= 11 is 0. The van der Waals surface area contributed by atoms with Crippen LogP contribution in [0.25, 0.3) is 10.9 Å². The van der Waals surface area contributed by atoms with E-state index in [-0.39, 0.29) is 11.7 Å². The van der Waals surface area contributed by atoms with Gasteiger partial charge in [-0.3, -0.25) is 0 Å². The highest BCUT2D eigenvalue weighted by Crippen LogP contribution is 2.35. The third kappa shape index (κ3) is 3.36. The minimum Gasteiger partial charge on any atom is -0.371 e. The first kappa shape index (κ1) is 17.8. The molecule has 4 rings (SSSR count). The molecule has 0 bridgehead atoms. The number of para-hydroxylation sites is 1. The molecule has 1 fully saturated rings. The Morgan fingerprint density at radius 2 is 1.93 bits per heavy atom. The van der Waals surface area contributed by atoms with Gasteiger partial charge in [0.25, 0.3) is 0 Å². The van der Waals surface area contributed by atoms with Crippen molar-refractivity contribution in [3.63, 3.8) is 0 Å². The number of hydrogen-bond acceptors (Lipinski definition) is 3. The number of alkyl halides is 3. The summed E-state index contributed by atoms with van der Waals surface area (Å²) in [6.07, 6.45) is -2.22. The fourth-order valence-electron chi connectivity index (χ4n) is 3.66. The lowest BCUT2D eigenvalue weighted by atomic mass is 9.95. The maximum Gasteiger partial charge on any atom is 0.432 e. The molecule has 1 aliphatic heterocycles. The van der Waals surface area contributed by atoms with Crippen LogP contribution in [0.5, 0.6) is 0 Å². The number of aromatic nitrogens is 3. The van der Waals surface area contributed by atoms with Crippen molar-refractivity contribution in [3.8, 4) is 0 Å². The van der Waals surface area contributed by atoms with Gasteiger partial charge in [-0.1, -0.05) is 12.1 Å². The predicted molar refractivity (Wildman–Crippen MR) is 94.2 cm³/mol. The quantitative estimate of drug-likeness (QED) is 0.651. The summed E-state index contributed by atoms with van der Waals surface area (Å²) in [5.41, 5.74) is 1.16. The van der Waals surface area contributed by atoms with Gasteiger partial charge in [0.2, 0.25) is 0 Å². The molecule has 0 aliphatic carbocycles. The van der Waals surface area contributed by atoms with Crippen LogP contribution in [0.4, 0.5) is 23.2 Å². The number of imidazole rings is 1. The molecular weight excluding hydrogens is 360 g/mol. The maximum atomic E-state index is 14.1. The van der Waals surface area contributed by atoms with Gasteiger partial charge in [-0.15, -0.1) is 0 Å². The van der Waals surface area contributed by atoms with E-state index in [9.17, 15) is 17.6 Å². The smallest absolute Gasteiger partial charge is 0.371 e. The SMILES string of the molecule is Cc1cc(N2CCC(c3ncc(C(F)(F)F)[nH]3)CC2)c2cccc(F)c2n1. The molecule has 0 radical (unpaired) electrons. The molecule has 142 valence electrons. The zero-order valence-electron chi connectivity index (χ0n) is 14.6. The van der Waals surface area contributed by atoms with Crippen molar-refractivity contribution in [2.75, 3.05) is 18.0 Å². The fourth-order valence-corrected chi connectivity index (χ4v) is 3.66. The predicted octanol–water partition coefficient (Wildman–Crippen LogP) is 4.81. The van der Waals surface area contributed by atoms with Crippen molar-refractivity contribution in [3.05, 3.63) is 53.5 Å². The second-order valence-electron chi connectivity index (χ2n) is 6.86. The number of nitrogens with one attached hydrogen (secondary N) is 1. The summed E-state index contributed by atoms with van der Waals surface area (Å²) in [4.78, 5) is 12.8. The molecule has 4 nitrogen and oxygen atoms in total. The number of hydrogen-bond donors (Lipinski definition) is 1. The van der Waals surface area contributed by atoms with Crippen molar-refractivity contribution in [2.45, 2.75) is 31.9 Å². The van der Waals surface area contributed by atoms with Crippen molar-refractivity contribution in [1.29, 1.82) is 0 Å². The number of H-pyrrole nitrogens is 1. The van der Waals surface area contributed by atoms with Gasteiger partial charge >= 0.3 is 6.18 Å². The molecule has 3 heterocycles. The molecule has 1 saturated heterocycles. The van der Waals surface area contributed by atoms with Gasteiger partial charge in [0.15, 0.2) is 0 Å². The summed E-state index contributed by atoms with van der Waals surface area (Å²) in [7, 11) is 0. The molecule has 8 heteroatoms. The topological polar surface area (TPSA) is 44.8 Å². The molecule has 0 unspecified atom stereocenters. The summed E-state index contributed by atoms with van der Waals surface area (Å²) < 4.78 is 52.4. The van der Waals surface area contributed by atoms with E-state index in [0.29, 0.717) is 37.3 Å². The first-order chi connectivity index (χ1) is 12.8. The van der Waals surface area contributed by atoms with E-state index < -0.39 is 11.9 Å². The minimum absolute atomic E-state index is 0.0525. The Labute approximate surface area is 153 Å². The van der Waals surface area contributed by atoms with Crippen molar-refractivity contribution in [1.82, 2.24) is 15.0 Å². The Morgan fingerprint density at radius 3 is 2.59 bits per heavy atom. The van der Waals surface area contributed by atoms with Crippen LogP contribution in [0, 0.1) is 12.7 Å². The van der Waals surface area contributed by atoms with Gasteiger partial charge in [0.1, 0.15) is 22.9 Å². The zero-order chi connectivity index (χ0) is 19.2. The first-order valence-corrected chi connectivity index (χ1v) is 8.76. The molecule has 0 spiro atoms. The number of halogens is 4. The lowest BCUT2D eigenvalue weighted by Gasteiger charge is -2.33. The lowest BCUT2D eigenvalue weighted by molar-refractivity contribution is -0.141. The monoisotopic (exact) mass is 378 g/mol. The molecule has 0 saturated carbocycles. The number of aryl methyl sites for hydroxylation is 1. The van der Waals surface area contributed by atoms with Crippen LogP contribution >= 0.6 is 0 Å². The number of rotatable bonds is 2. The number of nitrogens with zero attached hydrogens (tertiary/aromatic N) is 3. The zero-order valence-corrected chi connectivity index (χ0v) is 14.6. The second-order valence-corrected chi connectivity index (χ2v) is 6.86. The van der Waals surface area contributed by atoms with Crippen molar-refractivity contribution >= 4 is 16.6 Å². The first-order valence-electron chi connectivity index (χ1n) is 8.76. The van der Waals surface area contributed by atoms with Gasteiger partial charge in [0.05, 0.1) is 6.20 Å². The van der Waals surface area contributed by atoms with E-state index in [4.69, 9.17) is 0 Å². The molecule has 2 aromatic heterocycles. The Kier molecular flexibility index (Phi) is 4.28. The van der Waals surface area contributed by atoms with E-state index in [2.05, 4.69) is 19.9 Å². The van der Waals surface area contributed by atoms with Crippen LogP contribution in [-0.4, -0.2) is 28.0 Å². The van der Waals surface area contributed by atoms with Gasteiger partial charge in [-0.05, 0) is 31.9 Å². The molecule has 0 amide bonds. The molecule has 1 aliphatic rings. The molecular formula is C19H18F4N4. The number of piperidine rings is 1. The highest BCUT2D eigenvalue weighted by Gasteiger charge is 2.34. The minimum atomic E-state index is -4.41. The van der Waals surface area contributed by atoms with Crippen molar-refractivity contribution < 1.29 is 17.6 Å². The van der Waals surface area contributed by atoms with Crippen LogP contribution in [-0.2, 0) is 6.18 Å². The average Bonchev–Trinajstić information content (AvgIpc) is 3.13. The second kappa shape index (κ2) is 6.51. The van der Waals surface area contributed by atoms with E-state index in [1.807, 2.05) is 19.1 Å². The highest BCUT2D eigenvalue weighted by atomic mass is 19.4. The summed E-state index contributed by atoms with van der Waals surface area (Å²) in [6, 6.07) is 6.82. The summed E-state index contributed by atoms with van der Waals surface area (Å²) in [5, 5.41) is 0.747. The number of anilines is 1. The Hall–Kier alpha value is -2.64. The normalized spacial score (nSPS) is 16.3. The van der Waals surface area contributed by atoms with Crippen LogP contribution in [0.15, 0.2) is 30.5 Å². The molecule has 1 aromatic carbocycles. The highest BCUT2D eigenvalue weighted by molar-refractivity contribution is 5.92. The van der Waals surface area contributed by atoms with Gasteiger partial charge in [-0.2, -0.15) is 13.2 Å². The van der Waals surface area contributed by atoms with Crippen LogP contribution < -0.4 is 4.90 Å².